The Balaban J connectivity index is 1.95. The van der Waals surface area contributed by atoms with Crippen LogP contribution in [-0.2, 0) is 0 Å². The fraction of sp³-hybridized carbons (Fsp3) is 0. The van der Waals surface area contributed by atoms with E-state index in [0.29, 0.717) is 5.88 Å². The maximum atomic E-state index is 5.62. The second-order valence-corrected chi connectivity index (χ2v) is 3.49. The third kappa shape index (κ3) is 1.63. The molecule has 0 spiro atoms. The predicted octanol–water partition coefficient (Wildman–Crippen LogP) is 3.57. The van der Waals surface area contributed by atoms with Crippen LogP contribution in [0.1, 0.15) is 0 Å². The van der Waals surface area contributed by atoms with Crippen LogP contribution in [0.5, 0.6) is 0 Å². The van der Waals surface area contributed by atoms with E-state index in [1.807, 2.05) is 48.5 Å². The first kappa shape index (κ1) is 8.97. The van der Waals surface area contributed by atoms with E-state index < -0.39 is 0 Å². The van der Waals surface area contributed by atoms with Crippen LogP contribution in [0, 0.1) is 0 Å². The van der Waals surface area contributed by atoms with Crippen LogP contribution in [0.2, 0.25) is 0 Å². The predicted molar refractivity (Wildman–Crippen MR) is 63.7 cm³/mol. The molecule has 3 nitrogen and oxygen atoms in total. The molecular formula is C13H10N2O. The van der Waals surface area contributed by atoms with Gasteiger partial charge in [-0.15, -0.1) is 0 Å². The Bertz CT molecular complexity index is 568. The van der Waals surface area contributed by atoms with Gasteiger partial charge in [-0.05, 0) is 18.2 Å². The monoisotopic (exact) mass is 210 g/mol. The summed E-state index contributed by atoms with van der Waals surface area (Å²) < 4.78 is 5.62. The standard InChI is InChI=1S/C13H10N2O/c1-2-6-11-10(5-1)9-13(16-11)15-12-7-3-4-8-14-12/h1-9H,(H,14,15). The van der Waals surface area contributed by atoms with Gasteiger partial charge in [0, 0.05) is 17.6 Å². The minimum atomic E-state index is 0.708. The van der Waals surface area contributed by atoms with E-state index in [-0.39, 0.29) is 0 Å². The SMILES string of the molecule is c1ccc(Nc2cc3ccccc3o2)nc1. The highest BCUT2D eigenvalue weighted by Crippen LogP contribution is 2.24. The number of furan rings is 1. The Labute approximate surface area is 92.7 Å². The summed E-state index contributed by atoms with van der Waals surface area (Å²) >= 11 is 0. The van der Waals surface area contributed by atoms with Crippen molar-refractivity contribution >= 4 is 22.7 Å². The molecule has 78 valence electrons. The molecule has 0 bridgehead atoms. The van der Waals surface area contributed by atoms with Gasteiger partial charge in [0.05, 0.1) is 0 Å². The molecule has 1 N–H and O–H groups in total. The minimum Gasteiger partial charge on any atom is -0.440 e. The lowest BCUT2D eigenvalue weighted by Crippen LogP contribution is -1.89. The molecule has 3 aromatic rings. The number of hydrogen-bond acceptors (Lipinski definition) is 3. The van der Waals surface area contributed by atoms with E-state index in [4.69, 9.17) is 4.42 Å². The van der Waals surface area contributed by atoms with E-state index in [9.17, 15) is 0 Å². The van der Waals surface area contributed by atoms with Crippen molar-refractivity contribution in [3.05, 3.63) is 54.7 Å². The second kappa shape index (κ2) is 3.70. The lowest BCUT2D eigenvalue weighted by Gasteiger charge is -1.99. The van der Waals surface area contributed by atoms with Gasteiger partial charge < -0.3 is 9.73 Å². The lowest BCUT2D eigenvalue weighted by atomic mass is 10.3. The van der Waals surface area contributed by atoms with Gasteiger partial charge in [-0.25, -0.2) is 4.98 Å². The van der Waals surface area contributed by atoms with Gasteiger partial charge in [0.1, 0.15) is 11.4 Å². The minimum absolute atomic E-state index is 0.708. The Kier molecular flexibility index (Phi) is 2.07. The van der Waals surface area contributed by atoms with E-state index >= 15 is 0 Å². The molecule has 2 aromatic heterocycles. The van der Waals surface area contributed by atoms with Gasteiger partial charge in [-0.1, -0.05) is 24.3 Å². The maximum absolute atomic E-state index is 5.62. The summed E-state index contributed by atoms with van der Waals surface area (Å²) in [5.74, 6) is 1.49. The van der Waals surface area contributed by atoms with Gasteiger partial charge >= 0.3 is 0 Å². The second-order valence-electron chi connectivity index (χ2n) is 3.49. The zero-order valence-electron chi connectivity index (χ0n) is 8.55. The molecule has 0 saturated heterocycles. The molecular weight excluding hydrogens is 200 g/mol. The zero-order chi connectivity index (χ0) is 10.8. The summed E-state index contributed by atoms with van der Waals surface area (Å²) in [5.41, 5.74) is 0.876. The van der Waals surface area contributed by atoms with Gasteiger partial charge in [0.15, 0.2) is 5.88 Å². The molecule has 0 aliphatic carbocycles. The number of rotatable bonds is 2. The fourth-order valence-electron chi connectivity index (χ4n) is 1.61. The van der Waals surface area contributed by atoms with Crippen LogP contribution in [-0.4, -0.2) is 4.98 Å². The van der Waals surface area contributed by atoms with Crippen LogP contribution >= 0.6 is 0 Å². The van der Waals surface area contributed by atoms with Crippen LogP contribution in [0.3, 0.4) is 0 Å². The summed E-state index contributed by atoms with van der Waals surface area (Å²) in [4.78, 5) is 4.17. The highest BCUT2D eigenvalue weighted by molar-refractivity contribution is 5.81. The molecule has 0 fully saturated rings. The summed E-state index contributed by atoms with van der Waals surface area (Å²) in [6, 6.07) is 15.6. The highest BCUT2D eigenvalue weighted by atomic mass is 16.3. The number of benzene rings is 1. The molecule has 0 unspecified atom stereocenters. The smallest absolute Gasteiger partial charge is 0.199 e. The van der Waals surface area contributed by atoms with Gasteiger partial charge in [-0.2, -0.15) is 0 Å². The molecule has 3 rings (SSSR count). The largest absolute Gasteiger partial charge is 0.440 e. The van der Waals surface area contributed by atoms with E-state index in [1.165, 1.54) is 0 Å². The molecule has 1 aromatic carbocycles. The first-order chi connectivity index (χ1) is 7.92. The number of para-hydroxylation sites is 1. The van der Waals surface area contributed by atoms with Crippen LogP contribution in [0.25, 0.3) is 11.0 Å². The lowest BCUT2D eigenvalue weighted by molar-refractivity contribution is 0.634. The number of pyridine rings is 1. The molecule has 0 aliphatic heterocycles. The normalized spacial score (nSPS) is 10.5. The Morgan fingerprint density at radius 1 is 1.00 bits per heavy atom. The third-order valence-corrected chi connectivity index (χ3v) is 2.34. The van der Waals surface area contributed by atoms with Crippen molar-refractivity contribution < 1.29 is 4.42 Å². The fourth-order valence-corrected chi connectivity index (χ4v) is 1.61. The number of nitrogens with one attached hydrogen (secondary N) is 1. The maximum Gasteiger partial charge on any atom is 0.199 e. The van der Waals surface area contributed by atoms with E-state index in [2.05, 4.69) is 10.3 Å². The van der Waals surface area contributed by atoms with Gasteiger partial charge in [0.25, 0.3) is 0 Å². The molecule has 0 saturated carbocycles. The summed E-state index contributed by atoms with van der Waals surface area (Å²) in [7, 11) is 0. The summed E-state index contributed by atoms with van der Waals surface area (Å²) in [5, 5.41) is 4.20. The van der Waals surface area contributed by atoms with Gasteiger partial charge in [-0.3, -0.25) is 0 Å². The number of hydrogen-bond donors (Lipinski definition) is 1. The molecule has 0 amide bonds. The number of aromatic nitrogens is 1. The molecule has 0 radical (unpaired) electrons. The molecule has 0 aliphatic rings. The number of nitrogens with zero attached hydrogens (tertiary/aromatic N) is 1. The molecule has 3 heteroatoms. The van der Waals surface area contributed by atoms with Crippen molar-refractivity contribution in [2.45, 2.75) is 0 Å². The van der Waals surface area contributed by atoms with Crippen LogP contribution < -0.4 is 5.32 Å². The first-order valence-corrected chi connectivity index (χ1v) is 5.08. The zero-order valence-corrected chi connectivity index (χ0v) is 8.55. The topological polar surface area (TPSA) is 38.1 Å². The van der Waals surface area contributed by atoms with Crippen LogP contribution in [0.15, 0.2) is 59.1 Å². The average molecular weight is 210 g/mol. The van der Waals surface area contributed by atoms with E-state index in [0.717, 1.165) is 16.8 Å². The average Bonchev–Trinajstić information content (AvgIpc) is 2.72. The number of anilines is 2. The molecule has 2 heterocycles. The van der Waals surface area contributed by atoms with Crippen molar-refractivity contribution in [1.29, 1.82) is 0 Å². The van der Waals surface area contributed by atoms with Crippen molar-refractivity contribution in [3.63, 3.8) is 0 Å². The third-order valence-electron chi connectivity index (χ3n) is 2.34. The van der Waals surface area contributed by atoms with Crippen LogP contribution in [0.4, 0.5) is 11.7 Å². The first-order valence-electron chi connectivity index (χ1n) is 5.08. The van der Waals surface area contributed by atoms with E-state index in [1.54, 1.807) is 6.20 Å². The Morgan fingerprint density at radius 3 is 2.69 bits per heavy atom. The van der Waals surface area contributed by atoms with Gasteiger partial charge in [0.2, 0.25) is 0 Å². The number of fused-ring (bicyclic) bond motifs is 1. The summed E-state index contributed by atoms with van der Waals surface area (Å²) in [6.45, 7) is 0. The van der Waals surface area contributed by atoms with Crippen molar-refractivity contribution in [2.24, 2.45) is 0 Å². The molecule has 16 heavy (non-hydrogen) atoms. The quantitative estimate of drug-likeness (QED) is 0.702. The van der Waals surface area contributed by atoms with Crippen molar-refractivity contribution in [2.75, 3.05) is 5.32 Å². The molecule has 0 atom stereocenters. The highest BCUT2D eigenvalue weighted by Gasteiger charge is 2.02. The Hall–Kier alpha value is -2.29. The summed E-state index contributed by atoms with van der Waals surface area (Å²) in [6.07, 6.45) is 1.74. The van der Waals surface area contributed by atoms with Crippen molar-refractivity contribution in [1.82, 2.24) is 4.98 Å². The van der Waals surface area contributed by atoms with Crippen molar-refractivity contribution in [3.8, 4) is 0 Å². The Morgan fingerprint density at radius 2 is 1.88 bits per heavy atom.